The van der Waals surface area contributed by atoms with Gasteiger partial charge in [0.15, 0.2) is 5.60 Å². The Bertz CT molecular complexity index is 712. The van der Waals surface area contributed by atoms with Crippen LogP contribution in [-0.2, 0) is 25.7 Å². The summed E-state index contributed by atoms with van der Waals surface area (Å²) in [6.07, 6.45) is -0.155. The molecule has 0 bridgehead atoms. The fourth-order valence-corrected chi connectivity index (χ4v) is 2.65. The maximum absolute atomic E-state index is 11.8. The second-order valence-electron chi connectivity index (χ2n) is 6.46. The Morgan fingerprint density at radius 3 is 2.00 bits per heavy atom. The first-order valence-electron chi connectivity index (χ1n) is 8.69. The van der Waals surface area contributed by atoms with Crippen LogP contribution in [0.25, 0.3) is 0 Å². The predicted molar refractivity (Wildman–Crippen MR) is 92.9 cm³/mol. The Hall–Kier alpha value is -2.98. The molecule has 0 aliphatic carbocycles. The molecule has 0 aromatic heterocycles. The van der Waals surface area contributed by atoms with Crippen molar-refractivity contribution in [2.75, 3.05) is 13.1 Å². The summed E-state index contributed by atoms with van der Waals surface area (Å²) < 4.78 is 5.15. The number of ether oxygens (including phenoxy) is 1. The molecule has 1 aromatic rings. The minimum Gasteiger partial charge on any atom is -0.479 e. The number of aliphatic hydroxyl groups is 1. The molecule has 152 valence electrons. The van der Waals surface area contributed by atoms with Crippen LogP contribution in [0.15, 0.2) is 30.3 Å². The summed E-state index contributed by atoms with van der Waals surface area (Å²) in [5.74, 6) is -2.25. The lowest BCUT2D eigenvalue weighted by atomic mass is 9.92. The zero-order valence-corrected chi connectivity index (χ0v) is 15.1. The van der Waals surface area contributed by atoms with Crippen molar-refractivity contribution in [3.63, 3.8) is 0 Å². The molecule has 0 atom stereocenters. The number of hydroxylamine groups is 2. The molecule has 28 heavy (non-hydrogen) atoms. The number of amides is 3. The first-order chi connectivity index (χ1) is 13.2. The maximum atomic E-state index is 11.8. The van der Waals surface area contributed by atoms with Gasteiger partial charge in [0, 0.05) is 38.8 Å². The van der Waals surface area contributed by atoms with Crippen molar-refractivity contribution in [2.45, 2.75) is 37.9 Å². The van der Waals surface area contributed by atoms with Crippen LogP contribution in [0.4, 0.5) is 4.79 Å². The van der Waals surface area contributed by atoms with Crippen LogP contribution >= 0.6 is 0 Å². The summed E-state index contributed by atoms with van der Waals surface area (Å²) in [6, 6.07) is 9.30. The fourth-order valence-electron chi connectivity index (χ4n) is 2.65. The van der Waals surface area contributed by atoms with Gasteiger partial charge in [-0.3, -0.25) is 14.8 Å². The van der Waals surface area contributed by atoms with Gasteiger partial charge in [0.05, 0.1) is 0 Å². The lowest BCUT2D eigenvalue weighted by Crippen LogP contribution is -2.50. The molecule has 2 aliphatic heterocycles. The van der Waals surface area contributed by atoms with Crippen LogP contribution in [0.2, 0.25) is 0 Å². The van der Waals surface area contributed by atoms with Gasteiger partial charge in [0.1, 0.15) is 6.61 Å². The molecule has 0 spiro atoms. The molecule has 3 rings (SSSR count). The molecule has 3 N–H and O–H groups in total. The number of carbonyl (C=O) groups excluding carboxylic acids is 3. The third-order valence-corrected chi connectivity index (χ3v) is 4.48. The van der Waals surface area contributed by atoms with Gasteiger partial charge >= 0.3 is 12.1 Å². The molecule has 0 unspecified atom stereocenters. The van der Waals surface area contributed by atoms with Crippen LogP contribution in [-0.4, -0.2) is 68.0 Å². The molecule has 0 saturated carbocycles. The third-order valence-electron chi connectivity index (χ3n) is 4.48. The summed E-state index contributed by atoms with van der Waals surface area (Å²) in [4.78, 5) is 44.6. The van der Waals surface area contributed by atoms with Crippen molar-refractivity contribution in [1.29, 1.82) is 0 Å². The summed E-state index contributed by atoms with van der Waals surface area (Å²) in [5, 5.41) is 27.2. The van der Waals surface area contributed by atoms with Crippen molar-refractivity contribution < 1.29 is 39.3 Å². The number of hydrogen-bond acceptors (Lipinski definition) is 7. The second kappa shape index (κ2) is 9.29. The zero-order chi connectivity index (χ0) is 20.7. The Morgan fingerprint density at radius 1 is 1.04 bits per heavy atom. The first-order valence-corrected chi connectivity index (χ1v) is 8.69. The van der Waals surface area contributed by atoms with E-state index in [-0.39, 0.29) is 50.4 Å². The molecule has 2 fully saturated rings. The maximum Gasteiger partial charge on any atom is 0.410 e. The average Bonchev–Trinajstić information content (AvgIpc) is 2.99. The van der Waals surface area contributed by atoms with Crippen molar-refractivity contribution in [1.82, 2.24) is 9.96 Å². The number of piperidine rings is 1. The highest BCUT2D eigenvalue weighted by Crippen LogP contribution is 2.23. The number of aliphatic carboxylic acids is 1. The highest BCUT2D eigenvalue weighted by molar-refractivity contribution is 6.00. The van der Waals surface area contributed by atoms with E-state index in [1.54, 1.807) is 0 Å². The quantitative estimate of drug-likeness (QED) is 0.503. The van der Waals surface area contributed by atoms with Crippen LogP contribution in [0.1, 0.15) is 31.2 Å². The Kier molecular flexibility index (Phi) is 7.07. The van der Waals surface area contributed by atoms with Crippen molar-refractivity contribution >= 4 is 23.9 Å². The number of rotatable bonds is 3. The van der Waals surface area contributed by atoms with Gasteiger partial charge in [-0.25, -0.2) is 9.59 Å². The molecule has 3 amide bonds. The van der Waals surface area contributed by atoms with E-state index in [4.69, 9.17) is 15.1 Å². The minimum absolute atomic E-state index is 0.0166. The highest BCUT2D eigenvalue weighted by atomic mass is 16.6. The summed E-state index contributed by atoms with van der Waals surface area (Å²) in [6.45, 7) is 0.534. The largest absolute Gasteiger partial charge is 0.479 e. The molecule has 2 heterocycles. The highest BCUT2D eigenvalue weighted by Gasteiger charge is 2.40. The number of carbonyl (C=O) groups is 4. The van der Waals surface area contributed by atoms with E-state index in [0.29, 0.717) is 0 Å². The SMILES string of the molecule is O=C(OCc1ccccc1)N1CCC(O)(C(=O)O)CC1.O=C1CCC(=O)N1O. The second-order valence-corrected chi connectivity index (χ2v) is 6.46. The topological polar surface area (TPSA) is 145 Å². The van der Waals surface area contributed by atoms with Gasteiger partial charge in [0.2, 0.25) is 0 Å². The van der Waals surface area contributed by atoms with Gasteiger partial charge in [-0.05, 0) is 5.56 Å². The number of hydrogen-bond donors (Lipinski definition) is 3. The molecule has 2 aliphatic rings. The number of imide groups is 1. The van der Waals surface area contributed by atoms with E-state index in [9.17, 15) is 24.3 Å². The lowest BCUT2D eigenvalue weighted by Gasteiger charge is -2.34. The summed E-state index contributed by atoms with van der Waals surface area (Å²) >= 11 is 0. The molecule has 10 nitrogen and oxygen atoms in total. The van der Waals surface area contributed by atoms with Crippen LogP contribution in [0.5, 0.6) is 0 Å². The number of carboxylic acids is 1. The predicted octanol–water partition coefficient (Wildman–Crippen LogP) is 0.759. The molecule has 2 saturated heterocycles. The Labute approximate surface area is 160 Å². The van der Waals surface area contributed by atoms with Gasteiger partial charge in [-0.2, -0.15) is 5.06 Å². The Morgan fingerprint density at radius 2 is 1.57 bits per heavy atom. The average molecular weight is 394 g/mol. The van der Waals surface area contributed by atoms with Crippen molar-refractivity contribution in [3.05, 3.63) is 35.9 Å². The zero-order valence-electron chi connectivity index (χ0n) is 15.1. The smallest absolute Gasteiger partial charge is 0.410 e. The third kappa shape index (κ3) is 5.51. The van der Waals surface area contributed by atoms with E-state index < -0.39 is 29.5 Å². The van der Waals surface area contributed by atoms with E-state index in [2.05, 4.69) is 0 Å². The van der Waals surface area contributed by atoms with Gasteiger partial charge in [-0.15, -0.1) is 0 Å². The molecular formula is C18H22N2O8. The number of carboxylic acid groups (broad SMARTS) is 1. The van der Waals surface area contributed by atoms with Gasteiger partial charge < -0.3 is 19.8 Å². The number of benzene rings is 1. The van der Waals surface area contributed by atoms with Crippen LogP contribution in [0.3, 0.4) is 0 Å². The van der Waals surface area contributed by atoms with E-state index >= 15 is 0 Å². The van der Waals surface area contributed by atoms with Gasteiger partial charge in [0.25, 0.3) is 11.8 Å². The standard InChI is InChI=1S/C14H17NO5.C4H5NO3/c16-12(17)14(19)6-8-15(9-7-14)13(18)20-10-11-4-2-1-3-5-11;6-3-1-2-4(7)5(3)8/h1-5,19H,6-10H2,(H,16,17);8H,1-2H2. The lowest BCUT2D eigenvalue weighted by molar-refractivity contribution is -0.171. The Balaban J connectivity index is 0.000000292. The fraction of sp³-hybridized carbons (Fsp3) is 0.444. The van der Waals surface area contributed by atoms with Gasteiger partial charge in [-0.1, -0.05) is 30.3 Å². The molecular weight excluding hydrogens is 372 g/mol. The summed E-state index contributed by atoms with van der Waals surface area (Å²) in [7, 11) is 0. The van der Waals surface area contributed by atoms with Crippen LogP contribution in [0, 0.1) is 0 Å². The normalized spacial score (nSPS) is 18.4. The van der Waals surface area contributed by atoms with Crippen LogP contribution < -0.4 is 0 Å². The first kappa shape index (κ1) is 21.3. The number of nitrogens with zero attached hydrogens (tertiary/aromatic N) is 2. The van der Waals surface area contributed by atoms with Crippen molar-refractivity contribution in [3.8, 4) is 0 Å². The minimum atomic E-state index is -1.73. The van der Waals surface area contributed by atoms with E-state index in [0.717, 1.165) is 5.56 Å². The molecule has 0 radical (unpaired) electrons. The molecule has 1 aromatic carbocycles. The monoisotopic (exact) mass is 394 g/mol. The number of likely N-dealkylation sites (tertiary alicyclic amines) is 1. The van der Waals surface area contributed by atoms with E-state index in [1.807, 2.05) is 30.3 Å². The summed E-state index contributed by atoms with van der Waals surface area (Å²) in [5.41, 5.74) is -0.837. The van der Waals surface area contributed by atoms with Crippen molar-refractivity contribution in [2.24, 2.45) is 0 Å². The molecule has 10 heteroatoms. The van der Waals surface area contributed by atoms with E-state index in [1.165, 1.54) is 4.90 Å².